The highest BCUT2D eigenvalue weighted by Gasteiger charge is 2.18. The number of nitrogens with zero attached hydrogens (tertiary/aromatic N) is 1. The van der Waals surface area contributed by atoms with Gasteiger partial charge in [-0.25, -0.2) is 0 Å². The van der Waals surface area contributed by atoms with Crippen molar-refractivity contribution >= 4 is 17.2 Å². The number of hydrogen-bond donors (Lipinski definition) is 2. The van der Waals surface area contributed by atoms with E-state index in [1.807, 2.05) is 41.7 Å². The van der Waals surface area contributed by atoms with Crippen LogP contribution in [-0.2, 0) is 17.6 Å². The Hall–Kier alpha value is -3.08. The minimum Gasteiger partial charge on any atom is -0.503 e. The Balaban J connectivity index is 2.40. The number of pyridine rings is 1. The van der Waals surface area contributed by atoms with E-state index in [0.29, 0.717) is 23.6 Å². The van der Waals surface area contributed by atoms with E-state index in [4.69, 9.17) is 5.73 Å². The topological polar surface area (TPSA) is 84.8 Å². The number of fused-ring (bicyclic) bond motifs is 1. The van der Waals surface area contributed by atoms with Crippen molar-refractivity contribution in [3.63, 3.8) is 0 Å². The molecular formula is C19H18N2O3. The molecule has 1 aromatic carbocycles. The van der Waals surface area contributed by atoms with Gasteiger partial charge in [0.2, 0.25) is 0 Å². The Morgan fingerprint density at radius 2 is 1.92 bits per heavy atom. The third kappa shape index (κ3) is 2.65. The van der Waals surface area contributed by atoms with Crippen LogP contribution in [0, 0.1) is 0 Å². The number of hydrogen-bond acceptors (Lipinski definition) is 3. The quantitative estimate of drug-likeness (QED) is 0.760. The standard InChI is InChI=1S/C19H18N2O3/c1-2-14-15(10-12-6-4-3-5-7-12)21-9-8-13(22)11-16(21)17(14)18(23)19(20)24/h3-9,11,23H,2,10H2,1H3,(H2,20,24). The highest BCUT2D eigenvalue weighted by atomic mass is 16.3. The molecule has 0 unspecified atom stereocenters. The fourth-order valence-corrected chi connectivity index (χ4v) is 3.10. The summed E-state index contributed by atoms with van der Waals surface area (Å²) in [7, 11) is 0. The van der Waals surface area contributed by atoms with Gasteiger partial charge in [-0.3, -0.25) is 9.59 Å². The van der Waals surface area contributed by atoms with Crippen molar-refractivity contribution in [1.82, 2.24) is 4.40 Å². The van der Waals surface area contributed by atoms with Crippen molar-refractivity contribution in [3.05, 3.63) is 80.9 Å². The molecule has 0 bridgehead atoms. The molecular weight excluding hydrogens is 304 g/mol. The number of aliphatic hydroxyl groups is 1. The fraction of sp³-hybridized carbons (Fsp3) is 0.158. The van der Waals surface area contributed by atoms with Crippen LogP contribution in [-0.4, -0.2) is 15.4 Å². The van der Waals surface area contributed by atoms with E-state index in [1.54, 1.807) is 6.20 Å². The van der Waals surface area contributed by atoms with E-state index >= 15 is 0 Å². The molecule has 0 atom stereocenters. The summed E-state index contributed by atoms with van der Waals surface area (Å²) in [6.07, 6.45) is 2.90. The van der Waals surface area contributed by atoms with Crippen molar-refractivity contribution in [2.45, 2.75) is 19.8 Å². The van der Waals surface area contributed by atoms with Crippen molar-refractivity contribution in [2.75, 3.05) is 0 Å². The largest absolute Gasteiger partial charge is 0.503 e. The fourth-order valence-electron chi connectivity index (χ4n) is 3.10. The third-order valence-corrected chi connectivity index (χ3v) is 4.16. The molecule has 0 aliphatic heterocycles. The van der Waals surface area contributed by atoms with Crippen LogP contribution in [0.5, 0.6) is 0 Å². The monoisotopic (exact) mass is 322 g/mol. The molecule has 3 rings (SSSR count). The van der Waals surface area contributed by atoms with Crippen LogP contribution in [0.3, 0.4) is 0 Å². The Kier molecular flexibility index (Phi) is 4.08. The first-order valence-electron chi connectivity index (χ1n) is 7.75. The van der Waals surface area contributed by atoms with E-state index < -0.39 is 11.7 Å². The number of rotatable bonds is 4. The van der Waals surface area contributed by atoms with Crippen LogP contribution >= 0.6 is 0 Å². The third-order valence-electron chi connectivity index (χ3n) is 4.16. The smallest absolute Gasteiger partial charge is 0.284 e. The Morgan fingerprint density at radius 1 is 1.21 bits per heavy atom. The number of aromatic nitrogens is 1. The van der Waals surface area contributed by atoms with E-state index in [9.17, 15) is 14.7 Å². The van der Waals surface area contributed by atoms with Crippen LogP contribution in [0.15, 0.2) is 53.5 Å². The molecule has 122 valence electrons. The lowest BCUT2D eigenvalue weighted by Gasteiger charge is -2.06. The summed E-state index contributed by atoms with van der Waals surface area (Å²) in [4.78, 5) is 23.3. The molecule has 24 heavy (non-hydrogen) atoms. The lowest BCUT2D eigenvalue weighted by Crippen LogP contribution is -2.22. The molecule has 5 nitrogen and oxygen atoms in total. The number of aliphatic hydroxyl groups excluding tert-OH is 1. The summed E-state index contributed by atoms with van der Waals surface area (Å²) < 4.78 is 1.85. The van der Waals surface area contributed by atoms with Crippen LogP contribution in [0.25, 0.3) is 11.3 Å². The van der Waals surface area contributed by atoms with Crippen molar-refractivity contribution in [2.24, 2.45) is 5.73 Å². The van der Waals surface area contributed by atoms with Gasteiger partial charge in [-0.05, 0) is 17.5 Å². The first-order valence-corrected chi connectivity index (χ1v) is 7.75. The molecule has 0 aliphatic rings. The van der Waals surface area contributed by atoms with Gasteiger partial charge < -0.3 is 15.2 Å². The molecule has 0 fully saturated rings. The van der Waals surface area contributed by atoms with Crippen LogP contribution < -0.4 is 16.4 Å². The summed E-state index contributed by atoms with van der Waals surface area (Å²) in [6.45, 7) is 1.94. The highest BCUT2D eigenvalue weighted by molar-refractivity contribution is 6.09. The van der Waals surface area contributed by atoms with E-state index in [1.165, 1.54) is 12.1 Å². The summed E-state index contributed by atoms with van der Waals surface area (Å²) in [6, 6.07) is 12.8. The molecule has 1 amide bonds. The van der Waals surface area contributed by atoms with Gasteiger partial charge in [0.05, 0.1) is 10.7 Å². The normalized spacial score (nSPS) is 12.4. The average Bonchev–Trinajstić information content (AvgIpc) is 2.87. The Bertz CT molecular complexity index is 1020. The first kappa shape index (κ1) is 15.8. The maximum absolute atomic E-state index is 11.8. The lowest BCUT2D eigenvalue weighted by atomic mass is 10.0. The number of benzene rings is 1. The first-order chi connectivity index (χ1) is 11.5. The molecule has 2 heterocycles. The van der Waals surface area contributed by atoms with Gasteiger partial charge in [-0.2, -0.15) is 0 Å². The molecule has 3 N–H and O–H groups in total. The second-order valence-corrected chi connectivity index (χ2v) is 5.65. The van der Waals surface area contributed by atoms with Crippen molar-refractivity contribution < 1.29 is 9.90 Å². The Labute approximate surface area is 138 Å². The summed E-state index contributed by atoms with van der Waals surface area (Å²) >= 11 is 0. The SMILES string of the molecule is CCc1c(Cc2ccccc2)n2ccc(=O)cc2c1=C(O)C(N)=O. The van der Waals surface area contributed by atoms with Gasteiger partial charge in [-0.1, -0.05) is 37.3 Å². The van der Waals surface area contributed by atoms with Crippen LogP contribution in [0.2, 0.25) is 0 Å². The zero-order valence-electron chi connectivity index (χ0n) is 13.3. The number of carbonyl (C=O) groups excluding carboxylic acids is 1. The van der Waals surface area contributed by atoms with Gasteiger partial charge in [0.1, 0.15) is 0 Å². The van der Waals surface area contributed by atoms with Gasteiger partial charge >= 0.3 is 0 Å². The molecule has 0 radical (unpaired) electrons. The minimum atomic E-state index is -0.903. The molecule has 3 aromatic rings. The van der Waals surface area contributed by atoms with Gasteiger partial charge in [-0.15, -0.1) is 0 Å². The highest BCUT2D eigenvalue weighted by Crippen LogP contribution is 2.17. The summed E-state index contributed by atoms with van der Waals surface area (Å²) in [5.41, 5.74) is 8.44. The number of nitrogens with two attached hydrogens (primary N) is 1. The predicted octanol–water partition coefficient (Wildman–Crippen LogP) is 1.32. The number of carbonyl (C=O) groups is 1. The van der Waals surface area contributed by atoms with E-state index in [2.05, 4.69) is 0 Å². The van der Waals surface area contributed by atoms with Crippen LogP contribution in [0.4, 0.5) is 0 Å². The zero-order chi connectivity index (χ0) is 17.3. The average molecular weight is 322 g/mol. The van der Waals surface area contributed by atoms with E-state index in [-0.39, 0.29) is 5.43 Å². The lowest BCUT2D eigenvalue weighted by molar-refractivity contribution is -0.114. The molecule has 0 spiro atoms. The van der Waals surface area contributed by atoms with Crippen molar-refractivity contribution in [1.29, 1.82) is 0 Å². The second-order valence-electron chi connectivity index (χ2n) is 5.65. The molecule has 5 heteroatoms. The second kappa shape index (κ2) is 6.20. The Morgan fingerprint density at radius 3 is 2.54 bits per heavy atom. The van der Waals surface area contributed by atoms with Gasteiger partial charge in [0.25, 0.3) is 5.91 Å². The summed E-state index contributed by atoms with van der Waals surface area (Å²) in [5, 5.41) is 10.6. The molecule has 0 saturated carbocycles. The number of amides is 1. The van der Waals surface area contributed by atoms with E-state index in [0.717, 1.165) is 16.8 Å². The predicted molar refractivity (Wildman–Crippen MR) is 92.7 cm³/mol. The molecule has 0 saturated heterocycles. The molecule has 2 aromatic heterocycles. The maximum atomic E-state index is 11.8. The van der Waals surface area contributed by atoms with Crippen molar-refractivity contribution in [3.8, 4) is 0 Å². The summed E-state index contributed by atoms with van der Waals surface area (Å²) in [5.74, 6) is -1.41. The number of primary amides is 1. The maximum Gasteiger partial charge on any atom is 0.284 e. The van der Waals surface area contributed by atoms with Gasteiger partial charge in [0, 0.05) is 30.4 Å². The van der Waals surface area contributed by atoms with Gasteiger partial charge in [0.15, 0.2) is 11.2 Å². The zero-order valence-corrected chi connectivity index (χ0v) is 13.3. The minimum absolute atomic E-state index is 0.188. The molecule has 0 aliphatic carbocycles. The van der Waals surface area contributed by atoms with Crippen LogP contribution in [0.1, 0.15) is 23.7 Å².